The first-order valence-electron chi connectivity index (χ1n) is 11.7. The lowest BCUT2D eigenvalue weighted by atomic mass is 10.0. The second kappa shape index (κ2) is 9.23. The van der Waals surface area contributed by atoms with Gasteiger partial charge in [-0.3, -0.25) is 8.63 Å². The van der Waals surface area contributed by atoms with Crippen LogP contribution in [0.2, 0.25) is 0 Å². The van der Waals surface area contributed by atoms with Crippen LogP contribution in [0, 0.1) is 0 Å². The number of hydrogen-bond acceptors (Lipinski definition) is 2. The molecule has 0 saturated carbocycles. The van der Waals surface area contributed by atoms with Crippen molar-refractivity contribution >= 4 is 35.0 Å². The molecule has 0 unspecified atom stereocenters. The Morgan fingerprint density at radius 1 is 0.583 bits per heavy atom. The number of halogens is 2. The van der Waals surface area contributed by atoms with Crippen molar-refractivity contribution in [2.24, 2.45) is 4.99 Å². The van der Waals surface area contributed by atoms with Gasteiger partial charge in [0.1, 0.15) is 5.49 Å². The van der Waals surface area contributed by atoms with Crippen molar-refractivity contribution < 1.29 is 8.63 Å². The molecule has 0 radical (unpaired) electrons. The Kier molecular flexibility index (Phi) is 5.62. The summed E-state index contributed by atoms with van der Waals surface area (Å²) in [5, 5.41) is 1.68. The summed E-state index contributed by atoms with van der Waals surface area (Å²) in [6, 6.07) is 38.6. The van der Waals surface area contributed by atoms with Crippen molar-refractivity contribution in [3.05, 3.63) is 127 Å². The number of fused-ring (bicyclic) bond motifs is 2. The Bertz CT molecular complexity index is 1760. The molecule has 2 aromatic heterocycles. The summed E-state index contributed by atoms with van der Waals surface area (Å²) >= 11 is 0. The second-order valence-electron chi connectivity index (χ2n) is 8.53. The number of hydrogen-bond donors (Lipinski definition) is 0. The monoisotopic (exact) mass is 471 g/mol. The molecule has 0 aliphatic heterocycles. The van der Waals surface area contributed by atoms with Crippen molar-refractivity contribution in [1.29, 1.82) is 0 Å². The molecule has 0 atom stereocenters. The molecule has 0 saturated heterocycles. The standard InChI is InChI=1S/C30H20BF2N3/c32-31(33)36-28-16-12-24(22-9-5-2-6-10-22)20-26(28)14-18-30(36)35-29-17-13-25-19-23(11-15-27(25)34-29)21-7-3-1-4-8-21/h1-20H. The Labute approximate surface area is 207 Å². The maximum absolute atomic E-state index is 14.2. The fraction of sp³-hybridized carbons (Fsp3) is 0. The molecule has 0 amide bonds. The zero-order valence-electron chi connectivity index (χ0n) is 19.2. The largest absolute Gasteiger partial charge is 0.679 e. The van der Waals surface area contributed by atoms with Crippen LogP contribution < -0.4 is 5.49 Å². The minimum Gasteiger partial charge on any atom is -0.310 e. The smallest absolute Gasteiger partial charge is 0.310 e. The molecule has 3 nitrogen and oxygen atoms in total. The fourth-order valence-corrected chi connectivity index (χ4v) is 4.49. The molecule has 6 rings (SSSR count). The van der Waals surface area contributed by atoms with E-state index < -0.39 is 7.40 Å². The number of aromatic nitrogens is 2. The van der Waals surface area contributed by atoms with Gasteiger partial charge in [-0.15, -0.1) is 0 Å². The van der Waals surface area contributed by atoms with E-state index in [0.717, 1.165) is 43.0 Å². The summed E-state index contributed by atoms with van der Waals surface area (Å²) in [6.07, 6.45) is 0. The van der Waals surface area contributed by atoms with Crippen molar-refractivity contribution in [2.75, 3.05) is 0 Å². The molecule has 0 aliphatic rings. The van der Waals surface area contributed by atoms with Crippen molar-refractivity contribution in [1.82, 2.24) is 9.46 Å². The van der Waals surface area contributed by atoms with Crippen LogP contribution in [-0.2, 0) is 0 Å². The molecule has 6 aromatic rings. The quantitative estimate of drug-likeness (QED) is 0.245. The molecular weight excluding hydrogens is 451 g/mol. The number of benzene rings is 4. The zero-order chi connectivity index (χ0) is 24.5. The molecule has 0 spiro atoms. The van der Waals surface area contributed by atoms with Crippen molar-refractivity contribution in [2.45, 2.75) is 0 Å². The van der Waals surface area contributed by atoms with Gasteiger partial charge in [-0.1, -0.05) is 72.8 Å². The first kappa shape index (κ1) is 21.9. The predicted octanol–water partition coefficient (Wildman–Crippen LogP) is 7.53. The lowest BCUT2D eigenvalue weighted by molar-refractivity contribution is 0.627. The maximum atomic E-state index is 14.2. The molecule has 36 heavy (non-hydrogen) atoms. The lowest BCUT2D eigenvalue weighted by Crippen LogP contribution is -2.29. The summed E-state index contributed by atoms with van der Waals surface area (Å²) in [4.78, 5) is 9.11. The van der Waals surface area contributed by atoms with Gasteiger partial charge in [-0.25, -0.2) is 9.98 Å². The van der Waals surface area contributed by atoms with E-state index in [2.05, 4.69) is 28.2 Å². The van der Waals surface area contributed by atoms with Gasteiger partial charge in [0.25, 0.3) is 0 Å². The molecule has 2 heterocycles. The highest BCUT2D eigenvalue weighted by molar-refractivity contribution is 6.42. The third kappa shape index (κ3) is 4.18. The van der Waals surface area contributed by atoms with Crippen LogP contribution in [0.25, 0.3) is 44.1 Å². The Hall–Kier alpha value is -4.58. The molecule has 0 bridgehead atoms. The average Bonchev–Trinajstić information content (AvgIpc) is 2.93. The van der Waals surface area contributed by atoms with E-state index in [4.69, 9.17) is 0 Å². The fourth-order valence-electron chi connectivity index (χ4n) is 4.49. The number of rotatable bonds is 4. The third-order valence-corrected chi connectivity index (χ3v) is 6.26. The molecule has 172 valence electrons. The normalized spacial score (nSPS) is 11.8. The second-order valence-corrected chi connectivity index (χ2v) is 8.53. The van der Waals surface area contributed by atoms with Gasteiger partial charge in [0.05, 0.1) is 5.52 Å². The van der Waals surface area contributed by atoms with Crippen LogP contribution in [0.4, 0.5) is 14.4 Å². The summed E-state index contributed by atoms with van der Waals surface area (Å²) in [5.41, 5.74) is 5.55. The molecule has 4 aromatic carbocycles. The molecule has 0 aliphatic carbocycles. The Morgan fingerprint density at radius 3 is 1.86 bits per heavy atom. The zero-order valence-corrected chi connectivity index (χ0v) is 19.2. The van der Waals surface area contributed by atoms with Crippen LogP contribution in [-0.4, -0.2) is 16.9 Å². The minimum absolute atomic E-state index is 0.151. The first-order valence-corrected chi connectivity index (χ1v) is 11.7. The highest BCUT2D eigenvalue weighted by Gasteiger charge is 2.20. The van der Waals surface area contributed by atoms with Gasteiger partial charge in [-0.2, -0.15) is 0 Å². The third-order valence-electron chi connectivity index (χ3n) is 6.26. The van der Waals surface area contributed by atoms with E-state index in [1.54, 1.807) is 18.2 Å². The minimum atomic E-state index is -2.75. The van der Waals surface area contributed by atoms with Gasteiger partial charge in [0.15, 0.2) is 5.82 Å². The highest BCUT2D eigenvalue weighted by Crippen LogP contribution is 2.26. The number of pyridine rings is 2. The van der Waals surface area contributed by atoms with E-state index in [1.165, 1.54) is 0 Å². The van der Waals surface area contributed by atoms with E-state index in [9.17, 15) is 8.63 Å². The lowest BCUT2D eigenvalue weighted by Gasteiger charge is -2.11. The summed E-state index contributed by atoms with van der Waals surface area (Å²) in [5.74, 6) is 0.379. The van der Waals surface area contributed by atoms with E-state index in [-0.39, 0.29) is 5.49 Å². The van der Waals surface area contributed by atoms with Crippen LogP contribution in [0.3, 0.4) is 0 Å². The average molecular weight is 471 g/mol. The van der Waals surface area contributed by atoms with Crippen LogP contribution >= 0.6 is 0 Å². The molecule has 0 N–H and O–H groups in total. The summed E-state index contributed by atoms with van der Waals surface area (Å²) in [7, 11) is -2.75. The first-order chi connectivity index (χ1) is 17.7. The van der Waals surface area contributed by atoms with Gasteiger partial charge < -0.3 is 4.48 Å². The van der Waals surface area contributed by atoms with Crippen LogP contribution in [0.1, 0.15) is 0 Å². The molecule has 0 fully saturated rings. The summed E-state index contributed by atoms with van der Waals surface area (Å²) in [6.45, 7) is 0. The summed E-state index contributed by atoms with van der Waals surface area (Å²) < 4.78 is 29.4. The van der Waals surface area contributed by atoms with E-state index >= 15 is 0 Å². The molecule has 6 heteroatoms. The van der Waals surface area contributed by atoms with Gasteiger partial charge in [-0.05, 0) is 76.2 Å². The predicted molar refractivity (Wildman–Crippen MR) is 143 cm³/mol. The van der Waals surface area contributed by atoms with Gasteiger partial charge in [0.2, 0.25) is 0 Å². The Balaban J connectivity index is 1.43. The Morgan fingerprint density at radius 2 is 1.19 bits per heavy atom. The van der Waals surface area contributed by atoms with E-state index in [1.807, 2.05) is 84.9 Å². The molecular formula is C30H20BF2N3. The van der Waals surface area contributed by atoms with Crippen molar-refractivity contribution in [3.8, 4) is 22.3 Å². The van der Waals surface area contributed by atoms with Gasteiger partial charge in [0, 0.05) is 10.9 Å². The maximum Gasteiger partial charge on any atom is 0.679 e. The highest BCUT2D eigenvalue weighted by atomic mass is 19.2. The van der Waals surface area contributed by atoms with E-state index in [0.29, 0.717) is 11.3 Å². The SMILES string of the molecule is FB(F)n1c(=Nc2ccc3cc(-c4ccccc4)ccc3n2)ccc2cc(-c3ccccc3)ccc21. The van der Waals surface area contributed by atoms with Crippen LogP contribution in [0.5, 0.6) is 0 Å². The topological polar surface area (TPSA) is 30.2 Å². The van der Waals surface area contributed by atoms with Gasteiger partial charge >= 0.3 is 7.40 Å². The van der Waals surface area contributed by atoms with Crippen LogP contribution in [0.15, 0.2) is 126 Å². The van der Waals surface area contributed by atoms with Crippen molar-refractivity contribution in [3.63, 3.8) is 0 Å². The number of nitrogens with zero attached hydrogens (tertiary/aromatic N) is 3.